The topological polar surface area (TPSA) is 79.1 Å². The molecule has 0 saturated carbocycles. The van der Waals surface area contributed by atoms with E-state index in [0.29, 0.717) is 18.4 Å². The molecule has 0 aliphatic rings. The van der Waals surface area contributed by atoms with Gasteiger partial charge in [-0.25, -0.2) is 0 Å². The maximum absolute atomic E-state index is 12.4. The van der Waals surface area contributed by atoms with Crippen LogP contribution in [-0.2, 0) is 13.6 Å². The molecule has 0 bridgehead atoms. The number of allylic oxidation sites excluding steroid dienone is 4. The summed E-state index contributed by atoms with van der Waals surface area (Å²) in [4.78, 5) is 0. The Labute approximate surface area is 129 Å². The van der Waals surface area contributed by atoms with E-state index < -0.39 is 7.60 Å². The van der Waals surface area contributed by atoms with Crippen LogP contribution in [0.25, 0.3) is 5.70 Å². The summed E-state index contributed by atoms with van der Waals surface area (Å²) in [6.07, 6.45) is 5.69. The van der Waals surface area contributed by atoms with Crippen molar-refractivity contribution in [2.45, 2.75) is 32.9 Å². The molecule has 0 aliphatic heterocycles. The molecule has 1 aromatic rings. The van der Waals surface area contributed by atoms with Gasteiger partial charge in [0, 0.05) is 0 Å². The fourth-order valence-electron chi connectivity index (χ4n) is 1.53. The lowest BCUT2D eigenvalue weighted by atomic mass is 10.4. The fraction of sp³-hybridized carbons (Fsp3) is 0.583. The van der Waals surface area contributed by atoms with Gasteiger partial charge < -0.3 is 9.05 Å². The van der Waals surface area contributed by atoms with Gasteiger partial charge in [0.05, 0.1) is 18.9 Å². The molecule has 21 heavy (non-hydrogen) atoms. The zero-order valence-electron chi connectivity index (χ0n) is 12.7. The van der Waals surface area contributed by atoms with E-state index in [2.05, 4.69) is 15.5 Å². The standard InChI is InChI=1S/C12H21N4O3PS/c1-5-9-11(6-2)16-12(13-14-15-16)21-10-20(17,18-7-3)19-8-4/h5-6,9H,7-8,10H2,1-4H3/b9-5-,11-6+. The highest BCUT2D eigenvalue weighted by Crippen LogP contribution is 2.51. The lowest BCUT2D eigenvalue weighted by Crippen LogP contribution is -2.02. The third kappa shape index (κ3) is 5.39. The molecule has 0 aromatic carbocycles. The second-order valence-corrected chi connectivity index (χ2v) is 7.23. The molecule has 0 atom stereocenters. The minimum atomic E-state index is -3.12. The van der Waals surface area contributed by atoms with Crippen molar-refractivity contribution in [3.05, 3.63) is 18.2 Å². The van der Waals surface area contributed by atoms with Crippen LogP contribution >= 0.6 is 19.4 Å². The average molecular weight is 332 g/mol. The average Bonchev–Trinajstić information content (AvgIpc) is 2.91. The van der Waals surface area contributed by atoms with Gasteiger partial charge in [0.2, 0.25) is 5.16 Å². The van der Waals surface area contributed by atoms with Crippen LogP contribution in [0.2, 0.25) is 0 Å². The molecule has 1 heterocycles. The molecule has 0 fully saturated rings. The molecule has 7 nitrogen and oxygen atoms in total. The summed E-state index contributed by atoms with van der Waals surface area (Å²) in [5.41, 5.74) is 1.01. The molecule has 0 spiro atoms. The molecule has 0 radical (unpaired) electrons. The summed E-state index contributed by atoms with van der Waals surface area (Å²) >= 11 is 1.25. The van der Waals surface area contributed by atoms with E-state index in [0.717, 1.165) is 5.70 Å². The molecule has 0 saturated heterocycles. The van der Waals surface area contributed by atoms with Gasteiger partial charge in [-0.1, -0.05) is 23.9 Å². The highest BCUT2D eigenvalue weighted by molar-refractivity contribution is 8.04. The van der Waals surface area contributed by atoms with Gasteiger partial charge in [-0.15, -0.1) is 5.10 Å². The second-order valence-electron chi connectivity index (χ2n) is 3.81. The number of hydrogen-bond acceptors (Lipinski definition) is 7. The number of hydrogen-bond donors (Lipinski definition) is 0. The SMILES string of the molecule is C/C=C\C(=C/C)n1nnnc1SCP(=O)(OCC)OCC. The quantitative estimate of drug-likeness (QED) is 0.389. The zero-order chi connectivity index (χ0) is 15.7. The Bertz CT molecular complexity index is 534. The van der Waals surface area contributed by atoms with Crippen LogP contribution in [0.3, 0.4) is 0 Å². The number of rotatable bonds is 9. The van der Waals surface area contributed by atoms with E-state index in [4.69, 9.17) is 9.05 Å². The van der Waals surface area contributed by atoms with E-state index in [1.807, 2.05) is 32.1 Å². The van der Waals surface area contributed by atoms with Crippen LogP contribution in [0.5, 0.6) is 0 Å². The largest absolute Gasteiger partial charge is 0.340 e. The van der Waals surface area contributed by atoms with Crippen LogP contribution < -0.4 is 0 Å². The molecular formula is C12H21N4O3PS. The van der Waals surface area contributed by atoms with Crippen LogP contribution in [0.1, 0.15) is 27.7 Å². The smallest absolute Gasteiger partial charge is 0.308 e. The van der Waals surface area contributed by atoms with Gasteiger partial charge >= 0.3 is 7.60 Å². The second kappa shape index (κ2) is 9.15. The zero-order valence-corrected chi connectivity index (χ0v) is 14.4. The predicted molar refractivity (Wildman–Crippen MR) is 84.2 cm³/mol. The van der Waals surface area contributed by atoms with Gasteiger partial charge in [0.15, 0.2) is 0 Å². The fourth-order valence-corrected chi connectivity index (χ4v) is 4.44. The monoisotopic (exact) mass is 332 g/mol. The predicted octanol–water partition coefficient (Wildman–Crippen LogP) is 3.43. The molecular weight excluding hydrogens is 311 g/mol. The van der Waals surface area contributed by atoms with Crippen molar-refractivity contribution in [3.8, 4) is 0 Å². The van der Waals surface area contributed by atoms with E-state index in [9.17, 15) is 4.57 Å². The Hall–Kier alpha value is -0.950. The molecule has 0 aliphatic carbocycles. The van der Waals surface area contributed by atoms with Crippen LogP contribution in [0, 0.1) is 0 Å². The third-order valence-electron chi connectivity index (χ3n) is 2.32. The van der Waals surface area contributed by atoms with Crippen molar-refractivity contribution in [3.63, 3.8) is 0 Å². The van der Waals surface area contributed by atoms with Crippen molar-refractivity contribution in [1.29, 1.82) is 0 Å². The highest BCUT2D eigenvalue weighted by atomic mass is 32.2. The van der Waals surface area contributed by atoms with Crippen LogP contribution in [-0.4, -0.2) is 38.9 Å². The first-order chi connectivity index (χ1) is 10.1. The Balaban J connectivity index is 2.85. The van der Waals surface area contributed by atoms with Crippen LogP contribution in [0.15, 0.2) is 23.4 Å². The number of aromatic nitrogens is 4. The normalized spacial score (nSPS) is 13.2. The van der Waals surface area contributed by atoms with Gasteiger partial charge in [-0.2, -0.15) is 4.68 Å². The number of nitrogens with zero attached hydrogens (tertiary/aromatic N) is 4. The Morgan fingerprint density at radius 1 is 1.33 bits per heavy atom. The first kappa shape index (κ1) is 18.1. The van der Waals surface area contributed by atoms with E-state index in [1.165, 1.54) is 11.8 Å². The third-order valence-corrected chi connectivity index (χ3v) is 5.92. The lowest BCUT2D eigenvalue weighted by molar-refractivity contribution is 0.224. The van der Waals surface area contributed by atoms with Crippen molar-refractivity contribution >= 4 is 25.1 Å². The Morgan fingerprint density at radius 2 is 2.00 bits per heavy atom. The van der Waals surface area contributed by atoms with E-state index in [-0.39, 0.29) is 5.49 Å². The maximum atomic E-state index is 12.4. The number of thioether (sulfide) groups is 1. The highest BCUT2D eigenvalue weighted by Gasteiger charge is 2.25. The first-order valence-corrected chi connectivity index (χ1v) is 9.40. The lowest BCUT2D eigenvalue weighted by Gasteiger charge is -2.16. The van der Waals surface area contributed by atoms with Crippen molar-refractivity contribution in [1.82, 2.24) is 20.2 Å². The summed E-state index contributed by atoms with van der Waals surface area (Å²) in [5, 5.41) is 12.1. The molecule has 0 amide bonds. The van der Waals surface area contributed by atoms with E-state index >= 15 is 0 Å². The summed E-state index contributed by atoms with van der Waals surface area (Å²) in [6.45, 7) is 8.05. The first-order valence-electron chi connectivity index (χ1n) is 6.68. The van der Waals surface area contributed by atoms with Crippen molar-refractivity contribution in [2.75, 3.05) is 18.7 Å². The molecule has 9 heteroatoms. The maximum Gasteiger partial charge on any atom is 0.340 e. The molecule has 1 rings (SSSR count). The van der Waals surface area contributed by atoms with Gasteiger partial charge in [0.1, 0.15) is 5.49 Å². The van der Waals surface area contributed by atoms with Gasteiger partial charge in [-0.3, -0.25) is 4.57 Å². The van der Waals surface area contributed by atoms with Gasteiger partial charge in [-0.05, 0) is 44.2 Å². The summed E-state index contributed by atoms with van der Waals surface area (Å²) in [6, 6.07) is 0. The number of tetrazole rings is 1. The van der Waals surface area contributed by atoms with Crippen LogP contribution in [0.4, 0.5) is 0 Å². The van der Waals surface area contributed by atoms with Crippen molar-refractivity contribution in [2.24, 2.45) is 0 Å². The summed E-state index contributed by atoms with van der Waals surface area (Å²) < 4.78 is 24.5. The summed E-state index contributed by atoms with van der Waals surface area (Å²) in [7, 11) is -3.12. The summed E-state index contributed by atoms with van der Waals surface area (Å²) in [5.74, 6) is 0. The molecule has 0 unspecified atom stereocenters. The Morgan fingerprint density at radius 3 is 2.52 bits per heavy atom. The molecule has 1 aromatic heterocycles. The molecule has 0 N–H and O–H groups in total. The van der Waals surface area contributed by atoms with E-state index in [1.54, 1.807) is 18.5 Å². The molecule has 118 valence electrons. The van der Waals surface area contributed by atoms with Gasteiger partial charge in [0.25, 0.3) is 0 Å². The minimum absolute atomic E-state index is 0.169. The van der Waals surface area contributed by atoms with Crippen molar-refractivity contribution < 1.29 is 13.6 Å². The Kier molecular flexibility index (Phi) is 7.88. The minimum Gasteiger partial charge on any atom is -0.308 e.